The van der Waals surface area contributed by atoms with Crippen LogP contribution in [0.2, 0.25) is 0 Å². The molecular formula is C31H41F3N4O4S. The second-order valence-electron chi connectivity index (χ2n) is 11.9. The number of ether oxygens (including phenoxy) is 1. The number of carbonyl (C=O) groups is 1. The van der Waals surface area contributed by atoms with Crippen molar-refractivity contribution < 1.29 is 31.1 Å². The average molecular weight is 623 g/mol. The van der Waals surface area contributed by atoms with Crippen LogP contribution in [0.15, 0.2) is 53.7 Å². The number of rotatable bonds is 10. The Morgan fingerprint density at radius 2 is 1.74 bits per heavy atom. The molecule has 0 bridgehead atoms. The van der Waals surface area contributed by atoms with Crippen LogP contribution < -0.4 is 0 Å². The Labute approximate surface area is 252 Å². The Morgan fingerprint density at radius 3 is 2.44 bits per heavy atom. The highest BCUT2D eigenvalue weighted by Gasteiger charge is 2.41. The van der Waals surface area contributed by atoms with Crippen LogP contribution >= 0.6 is 0 Å². The van der Waals surface area contributed by atoms with Gasteiger partial charge in [-0.05, 0) is 82.3 Å². The molecule has 1 amide bonds. The molecule has 8 nitrogen and oxygen atoms in total. The molecule has 5 rings (SSSR count). The molecular weight excluding hydrogens is 581 g/mol. The lowest BCUT2D eigenvalue weighted by atomic mass is 9.84. The van der Waals surface area contributed by atoms with Crippen LogP contribution in [0, 0.1) is 0 Å². The second kappa shape index (κ2) is 13.6. The third kappa shape index (κ3) is 7.58. The molecule has 3 aliphatic rings. The molecule has 3 aliphatic heterocycles. The van der Waals surface area contributed by atoms with Gasteiger partial charge in [0, 0.05) is 63.2 Å². The Morgan fingerprint density at radius 1 is 1.00 bits per heavy atom. The fourth-order valence-electron chi connectivity index (χ4n) is 6.62. The minimum Gasteiger partial charge on any atom is -0.370 e. The highest BCUT2D eigenvalue weighted by Crippen LogP contribution is 2.38. The van der Waals surface area contributed by atoms with Gasteiger partial charge >= 0.3 is 6.18 Å². The van der Waals surface area contributed by atoms with Gasteiger partial charge < -0.3 is 14.5 Å². The summed E-state index contributed by atoms with van der Waals surface area (Å²) in [6.45, 7) is 5.01. The van der Waals surface area contributed by atoms with Gasteiger partial charge in [-0.2, -0.15) is 17.5 Å². The first-order valence-electron chi connectivity index (χ1n) is 15.3. The topological polar surface area (TPSA) is 83.0 Å². The molecule has 1 aromatic carbocycles. The molecule has 236 valence electrons. The van der Waals surface area contributed by atoms with E-state index in [1.165, 1.54) is 23.2 Å². The number of carbonyl (C=O) groups excluding carboxylic acids is 1. The highest BCUT2D eigenvalue weighted by molar-refractivity contribution is 7.89. The summed E-state index contributed by atoms with van der Waals surface area (Å²) < 4.78 is 74.7. The van der Waals surface area contributed by atoms with Crippen LogP contribution in [0.5, 0.6) is 0 Å². The van der Waals surface area contributed by atoms with Crippen molar-refractivity contribution in [3.05, 3.63) is 59.9 Å². The van der Waals surface area contributed by atoms with Gasteiger partial charge in [-0.25, -0.2) is 8.42 Å². The summed E-state index contributed by atoms with van der Waals surface area (Å²) in [5.74, 6) is -0.148. The van der Waals surface area contributed by atoms with Crippen molar-refractivity contribution in [2.45, 2.75) is 80.5 Å². The number of piperidine rings is 2. The van der Waals surface area contributed by atoms with Crippen molar-refractivity contribution >= 4 is 15.9 Å². The SMILES string of the molecule is O=C(CC1CCCCN1S(=O)(=O)c1cccc(C(F)(F)F)c1)N1CCC(OCCCN2CCCC2)(c2cccnc2)CC1. The summed E-state index contributed by atoms with van der Waals surface area (Å²) in [5.41, 5.74) is -0.560. The number of hydrogen-bond acceptors (Lipinski definition) is 6. The third-order valence-electron chi connectivity index (χ3n) is 9.06. The summed E-state index contributed by atoms with van der Waals surface area (Å²) in [4.78, 5) is 21.7. The minimum absolute atomic E-state index is 0.00518. The zero-order chi connectivity index (χ0) is 30.5. The molecule has 0 N–H and O–H groups in total. The van der Waals surface area contributed by atoms with E-state index >= 15 is 0 Å². The molecule has 4 heterocycles. The summed E-state index contributed by atoms with van der Waals surface area (Å²) in [5, 5.41) is 0. The fourth-order valence-corrected chi connectivity index (χ4v) is 8.36. The van der Waals surface area contributed by atoms with Crippen molar-refractivity contribution in [3.8, 4) is 0 Å². The maximum atomic E-state index is 13.5. The van der Waals surface area contributed by atoms with E-state index in [4.69, 9.17) is 4.74 Å². The predicted octanol–water partition coefficient (Wildman–Crippen LogP) is 5.05. The van der Waals surface area contributed by atoms with Gasteiger partial charge in [0.1, 0.15) is 0 Å². The van der Waals surface area contributed by atoms with Crippen LogP contribution in [-0.4, -0.2) is 85.3 Å². The molecule has 0 spiro atoms. The summed E-state index contributed by atoms with van der Waals surface area (Å²) in [7, 11) is -4.21. The van der Waals surface area contributed by atoms with Gasteiger partial charge in [0.2, 0.25) is 15.9 Å². The van der Waals surface area contributed by atoms with E-state index in [2.05, 4.69) is 9.88 Å². The molecule has 2 aromatic rings. The number of hydrogen-bond donors (Lipinski definition) is 0. The van der Waals surface area contributed by atoms with E-state index < -0.39 is 38.3 Å². The molecule has 0 aliphatic carbocycles. The average Bonchev–Trinajstić information content (AvgIpc) is 3.54. The smallest absolute Gasteiger partial charge is 0.370 e. The van der Waals surface area contributed by atoms with Crippen molar-refractivity contribution in [2.24, 2.45) is 0 Å². The molecule has 3 saturated heterocycles. The first-order chi connectivity index (χ1) is 20.6. The second-order valence-corrected chi connectivity index (χ2v) is 13.8. The number of likely N-dealkylation sites (tertiary alicyclic amines) is 2. The van der Waals surface area contributed by atoms with Crippen LogP contribution in [-0.2, 0) is 31.3 Å². The predicted molar refractivity (Wildman–Crippen MR) is 156 cm³/mol. The Kier molecular flexibility index (Phi) is 10.1. The Hall–Kier alpha value is -2.54. The standard InChI is InChI=1S/C31H41F3N4O4S/c32-31(33,34)25-8-5-11-28(22-25)43(40,41)38-18-2-1-10-27(38)23-29(39)37-19-12-30(13-20-37,26-9-6-14-35-24-26)42-21-7-17-36-15-3-4-16-36/h5-6,8-9,11,14,22,24,27H,1-4,7,10,12-13,15-21,23H2. The van der Waals surface area contributed by atoms with Gasteiger partial charge in [-0.15, -0.1) is 0 Å². The van der Waals surface area contributed by atoms with Crippen molar-refractivity contribution in [3.63, 3.8) is 0 Å². The third-order valence-corrected chi connectivity index (χ3v) is 11.0. The van der Waals surface area contributed by atoms with Gasteiger partial charge in [0.05, 0.1) is 16.1 Å². The number of benzene rings is 1. The highest BCUT2D eigenvalue weighted by atomic mass is 32.2. The van der Waals surface area contributed by atoms with Gasteiger partial charge in [-0.1, -0.05) is 18.6 Å². The number of amides is 1. The van der Waals surface area contributed by atoms with Crippen LogP contribution in [0.25, 0.3) is 0 Å². The summed E-state index contributed by atoms with van der Waals surface area (Å²) >= 11 is 0. The maximum Gasteiger partial charge on any atom is 0.416 e. The monoisotopic (exact) mass is 622 g/mol. The number of halogens is 3. The Balaban J connectivity index is 1.23. The van der Waals surface area contributed by atoms with Gasteiger partial charge in [0.15, 0.2) is 0 Å². The largest absolute Gasteiger partial charge is 0.416 e. The fraction of sp³-hybridized carbons (Fsp3) is 0.613. The first-order valence-corrected chi connectivity index (χ1v) is 16.8. The van der Waals surface area contributed by atoms with E-state index in [1.807, 2.05) is 18.3 Å². The molecule has 1 atom stereocenters. The summed E-state index contributed by atoms with van der Waals surface area (Å²) in [6, 6.07) is 7.13. The number of pyridine rings is 1. The normalized spacial score (nSPS) is 22.1. The minimum atomic E-state index is -4.65. The lowest BCUT2D eigenvalue weighted by Crippen LogP contribution is -2.50. The number of sulfonamides is 1. The van der Waals surface area contributed by atoms with E-state index in [0.29, 0.717) is 51.4 Å². The number of nitrogens with zero attached hydrogens (tertiary/aromatic N) is 4. The van der Waals surface area contributed by atoms with E-state index in [9.17, 15) is 26.4 Å². The zero-order valence-electron chi connectivity index (χ0n) is 24.5. The molecule has 0 radical (unpaired) electrons. The van der Waals surface area contributed by atoms with E-state index in [1.54, 1.807) is 11.1 Å². The summed E-state index contributed by atoms with van der Waals surface area (Å²) in [6.07, 6.45) is 5.37. The molecule has 43 heavy (non-hydrogen) atoms. The van der Waals surface area contributed by atoms with Crippen molar-refractivity contribution in [1.82, 2.24) is 19.1 Å². The lowest BCUT2D eigenvalue weighted by molar-refractivity contribution is -0.141. The van der Waals surface area contributed by atoms with Gasteiger partial charge in [-0.3, -0.25) is 9.78 Å². The molecule has 1 aromatic heterocycles. The van der Waals surface area contributed by atoms with Crippen molar-refractivity contribution in [2.75, 3.05) is 45.9 Å². The first kappa shape index (κ1) is 31.9. The van der Waals surface area contributed by atoms with Crippen molar-refractivity contribution in [1.29, 1.82) is 0 Å². The van der Waals surface area contributed by atoms with Crippen LogP contribution in [0.4, 0.5) is 13.2 Å². The Bertz CT molecular complexity index is 1330. The van der Waals surface area contributed by atoms with E-state index in [-0.39, 0.29) is 18.9 Å². The molecule has 0 saturated carbocycles. The molecule has 3 fully saturated rings. The molecule has 12 heteroatoms. The maximum absolute atomic E-state index is 13.5. The molecule has 1 unspecified atom stereocenters. The van der Waals surface area contributed by atoms with Crippen LogP contribution in [0.3, 0.4) is 0 Å². The number of alkyl halides is 3. The number of aromatic nitrogens is 1. The van der Waals surface area contributed by atoms with E-state index in [0.717, 1.165) is 50.2 Å². The lowest BCUT2D eigenvalue weighted by Gasteiger charge is -2.43. The van der Waals surface area contributed by atoms with Gasteiger partial charge in [0.25, 0.3) is 0 Å². The zero-order valence-corrected chi connectivity index (χ0v) is 25.3. The van der Waals surface area contributed by atoms with Crippen LogP contribution in [0.1, 0.15) is 68.9 Å². The quantitative estimate of drug-likeness (QED) is 0.345.